The number of nitrogens with two attached hydrogens (primary N) is 1. The summed E-state index contributed by atoms with van der Waals surface area (Å²) in [5, 5.41) is 13.0. The summed E-state index contributed by atoms with van der Waals surface area (Å²) in [6, 6.07) is 5.90. The highest BCUT2D eigenvalue weighted by Crippen LogP contribution is 2.33. The number of hydrogen-bond donors (Lipinski definition) is 2. The molecule has 1 aromatic heterocycles. The van der Waals surface area contributed by atoms with Crippen molar-refractivity contribution in [3.63, 3.8) is 0 Å². The van der Waals surface area contributed by atoms with E-state index in [1.807, 2.05) is 12.1 Å². The first-order chi connectivity index (χ1) is 12.0. The fourth-order valence-corrected chi connectivity index (χ4v) is 4.12. The Kier molecular flexibility index (Phi) is 4.24. The van der Waals surface area contributed by atoms with Crippen molar-refractivity contribution >= 4 is 33.9 Å². The number of halogens is 1. The molecule has 2 aliphatic rings. The average Bonchev–Trinajstić information content (AvgIpc) is 2.95. The van der Waals surface area contributed by atoms with Crippen LogP contribution in [-0.2, 0) is 4.74 Å². The quantitative estimate of drug-likeness (QED) is 0.847. The molecular weight excluding hydrogens is 340 g/mol. The van der Waals surface area contributed by atoms with Crippen molar-refractivity contribution in [3.8, 4) is 0 Å². The first-order valence-electron chi connectivity index (χ1n) is 8.58. The molecule has 2 saturated heterocycles. The molecule has 6 nitrogen and oxygen atoms in total. The second-order valence-corrected chi connectivity index (χ2v) is 7.53. The number of hydrogen-bond acceptors (Lipinski definition) is 6. The lowest BCUT2D eigenvalue weighted by Gasteiger charge is -2.45. The minimum atomic E-state index is -0.432. The van der Waals surface area contributed by atoms with Crippen LogP contribution in [0.3, 0.4) is 0 Å². The second-order valence-electron chi connectivity index (χ2n) is 7.12. The molecule has 0 saturated carbocycles. The van der Waals surface area contributed by atoms with Gasteiger partial charge in [-0.15, -0.1) is 0 Å². The molecule has 4 rings (SSSR count). The highest BCUT2D eigenvalue weighted by Gasteiger charge is 2.44. The van der Waals surface area contributed by atoms with E-state index in [4.69, 9.17) is 22.1 Å². The van der Waals surface area contributed by atoms with E-state index in [0.29, 0.717) is 19.0 Å². The Balaban J connectivity index is 1.54. The van der Waals surface area contributed by atoms with Crippen molar-refractivity contribution in [1.29, 1.82) is 0 Å². The highest BCUT2D eigenvalue weighted by atomic mass is 35.5. The van der Waals surface area contributed by atoms with Crippen LogP contribution in [-0.4, -0.2) is 66.0 Å². The molecule has 2 unspecified atom stereocenters. The summed E-state index contributed by atoms with van der Waals surface area (Å²) in [4.78, 5) is 8.75. The number of benzene rings is 1. The van der Waals surface area contributed by atoms with Gasteiger partial charge in [0.1, 0.15) is 5.82 Å². The molecule has 7 heteroatoms. The summed E-state index contributed by atoms with van der Waals surface area (Å²) >= 11 is 6.52. The summed E-state index contributed by atoms with van der Waals surface area (Å²) in [6.07, 6.45) is 1.32. The molecule has 0 amide bonds. The van der Waals surface area contributed by atoms with E-state index in [2.05, 4.69) is 27.8 Å². The highest BCUT2D eigenvalue weighted by molar-refractivity contribution is 6.34. The molecule has 2 aliphatic heterocycles. The molecule has 134 valence electrons. The molecule has 3 N–H and O–H groups in total. The third-order valence-electron chi connectivity index (χ3n) is 5.54. The standard InChI is InChI=1S/C18H23ClN4O2/c1-18(11-25-10-16(18)24)23-4-2-22(3-5-23)15-7-12-8-17(20)21-9-13(12)6-14(15)19/h6-9,16,24H,2-5,10-11H2,1H3,(H2,20,21). The Hall–Kier alpha value is -1.60. The van der Waals surface area contributed by atoms with Gasteiger partial charge in [-0.25, -0.2) is 4.98 Å². The van der Waals surface area contributed by atoms with E-state index in [9.17, 15) is 5.11 Å². The topological polar surface area (TPSA) is 74.9 Å². The van der Waals surface area contributed by atoms with E-state index in [1.54, 1.807) is 6.20 Å². The summed E-state index contributed by atoms with van der Waals surface area (Å²) in [7, 11) is 0. The number of aliphatic hydroxyl groups is 1. The predicted molar refractivity (Wildman–Crippen MR) is 100 cm³/mol. The number of nitrogens with zero attached hydrogens (tertiary/aromatic N) is 3. The van der Waals surface area contributed by atoms with Crippen molar-refractivity contribution in [3.05, 3.63) is 29.4 Å². The first-order valence-corrected chi connectivity index (χ1v) is 8.96. The monoisotopic (exact) mass is 362 g/mol. The van der Waals surface area contributed by atoms with E-state index < -0.39 is 6.10 Å². The van der Waals surface area contributed by atoms with Crippen molar-refractivity contribution < 1.29 is 9.84 Å². The Bertz CT molecular complexity index is 794. The number of ether oxygens (including phenoxy) is 1. The largest absolute Gasteiger partial charge is 0.389 e. The van der Waals surface area contributed by atoms with Gasteiger partial charge in [0.25, 0.3) is 0 Å². The number of aromatic nitrogens is 1. The van der Waals surface area contributed by atoms with Gasteiger partial charge in [0, 0.05) is 37.8 Å². The van der Waals surface area contributed by atoms with Crippen molar-refractivity contribution in [2.45, 2.75) is 18.6 Å². The number of piperazine rings is 1. The summed E-state index contributed by atoms with van der Waals surface area (Å²) in [5.41, 5.74) is 6.53. The van der Waals surface area contributed by atoms with Gasteiger partial charge in [0.05, 0.1) is 35.6 Å². The Morgan fingerprint density at radius 1 is 1.24 bits per heavy atom. The zero-order valence-electron chi connectivity index (χ0n) is 14.3. The van der Waals surface area contributed by atoms with Gasteiger partial charge < -0.3 is 20.5 Å². The molecular formula is C18H23ClN4O2. The molecule has 2 atom stereocenters. The van der Waals surface area contributed by atoms with E-state index in [-0.39, 0.29) is 5.54 Å². The van der Waals surface area contributed by atoms with Crippen LogP contribution < -0.4 is 10.6 Å². The second kappa shape index (κ2) is 6.29. The maximum atomic E-state index is 10.3. The van der Waals surface area contributed by atoms with Gasteiger partial charge >= 0.3 is 0 Å². The number of aliphatic hydroxyl groups excluding tert-OH is 1. The number of nitrogen functional groups attached to an aromatic ring is 1. The van der Waals surface area contributed by atoms with Gasteiger partial charge in [0.15, 0.2) is 0 Å². The lowest BCUT2D eigenvalue weighted by molar-refractivity contribution is 0.00884. The van der Waals surface area contributed by atoms with Crippen LogP contribution in [0.15, 0.2) is 24.4 Å². The lowest BCUT2D eigenvalue weighted by atomic mass is 9.95. The normalized spacial score (nSPS) is 28.0. The first kappa shape index (κ1) is 16.8. The molecule has 3 heterocycles. The van der Waals surface area contributed by atoms with E-state index in [0.717, 1.165) is 47.7 Å². The molecule has 2 fully saturated rings. The Morgan fingerprint density at radius 3 is 2.68 bits per heavy atom. The number of pyridine rings is 1. The van der Waals surface area contributed by atoms with Crippen LogP contribution >= 0.6 is 11.6 Å². The van der Waals surface area contributed by atoms with Gasteiger partial charge in [0.2, 0.25) is 0 Å². The van der Waals surface area contributed by atoms with Gasteiger partial charge in [-0.05, 0) is 30.5 Å². The minimum Gasteiger partial charge on any atom is -0.389 e. The van der Waals surface area contributed by atoms with Crippen LogP contribution in [0.2, 0.25) is 5.02 Å². The SMILES string of the molecule is CC1(N2CCN(c3cc4cc(N)ncc4cc3Cl)CC2)COCC1O. The third-order valence-corrected chi connectivity index (χ3v) is 5.84. The van der Waals surface area contributed by atoms with Crippen LogP contribution in [0, 0.1) is 0 Å². The van der Waals surface area contributed by atoms with Crippen LogP contribution in [0.1, 0.15) is 6.92 Å². The molecule has 2 aromatic rings. The number of rotatable bonds is 2. The lowest BCUT2D eigenvalue weighted by Crippen LogP contribution is -2.60. The summed E-state index contributed by atoms with van der Waals surface area (Å²) in [5.74, 6) is 0.508. The zero-order chi connectivity index (χ0) is 17.6. The average molecular weight is 363 g/mol. The fourth-order valence-electron chi connectivity index (χ4n) is 3.83. The van der Waals surface area contributed by atoms with Gasteiger partial charge in [-0.2, -0.15) is 0 Å². The Morgan fingerprint density at radius 2 is 2.00 bits per heavy atom. The third kappa shape index (κ3) is 2.93. The smallest absolute Gasteiger partial charge is 0.123 e. The van der Waals surface area contributed by atoms with E-state index >= 15 is 0 Å². The maximum Gasteiger partial charge on any atom is 0.123 e. The van der Waals surface area contributed by atoms with Crippen LogP contribution in [0.4, 0.5) is 11.5 Å². The van der Waals surface area contributed by atoms with Crippen LogP contribution in [0.5, 0.6) is 0 Å². The Labute approximate surface area is 152 Å². The predicted octanol–water partition coefficient (Wildman–Crippen LogP) is 1.74. The van der Waals surface area contributed by atoms with Gasteiger partial charge in [-0.3, -0.25) is 4.90 Å². The van der Waals surface area contributed by atoms with Crippen LogP contribution in [0.25, 0.3) is 10.8 Å². The van der Waals surface area contributed by atoms with Crippen molar-refractivity contribution in [1.82, 2.24) is 9.88 Å². The van der Waals surface area contributed by atoms with Gasteiger partial charge in [-0.1, -0.05) is 11.6 Å². The van der Waals surface area contributed by atoms with E-state index in [1.165, 1.54) is 0 Å². The van der Waals surface area contributed by atoms with Crippen molar-refractivity contribution in [2.24, 2.45) is 0 Å². The molecule has 25 heavy (non-hydrogen) atoms. The molecule has 0 aliphatic carbocycles. The molecule has 0 radical (unpaired) electrons. The zero-order valence-corrected chi connectivity index (χ0v) is 15.0. The molecule has 0 bridgehead atoms. The maximum absolute atomic E-state index is 10.3. The fraction of sp³-hybridized carbons (Fsp3) is 0.500. The molecule has 1 aromatic carbocycles. The minimum absolute atomic E-state index is 0.292. The number of fused-ring (bicyclic) bond motifs is 1. The summed E-state index contributed by atoms with van der Waals surface area (Å²) in [6.45, 7) is 6.52. The van der Waals surface area contributed by atoms with Crippen molar-refractivity contribution in [2.75, 3.05) is 50.0 Å². The molecule has 0 spiro atoms. The number of anilines is 2. The summed E-state index contributed by atoms with van der Waals surface area (Å²) < 4.78 is 5.47.